The van der Waals surface area contributed by atoms with Gasteiger partial charge in [0.05, 0.1) is 12.5 Å². The summed E-state index contributed by atoms with van der Waals surface area (Å²) in [4.78, 5) is 0. The average molecular weight is 248 g/mol. The van der Waals surface area contributed by atoms with Crippen LogP contribution >= 0.6 is 27.5 Å². The van der Waals surface area contributed by atoms with Crippen LogP contribution < -0.4 is 0 Å². The molecule has 0 heterocycles. The van der Waals surface area contributed by atoms with Crippen molar-refractivity contribution < 1.29 is 4.39 Å². The first-order valence-electron chi connectivity index (χ1n) is 3.15. The summed E-state index contributed by atoms with van der Waals surface area (Å²) in [5.74, 6) is -0.409. The number of halogens is 3. The van der Waals surface area contributed by atoms with Gasteiger partial charge in [-0.2, -0.15) is 5.26 Å². The molecule has 0 atom stereocenters. The fourth-order valence-corrected chi connectivity index (χ4v) is 1.78. The molecule has 1 aromatic carbocycles. The Balaban J connectivity index is 3.21. The summed E-state index contributed by atoms with van der Waals surface area (Å²) in [7, 11) is 0. The lowest BCUT2D eigenvalue weighted by Gasteiger charge is -2.02. The molecule has 0 unspecified atom stereocenters. The third-order valence-corrected chi connectivity index (χ3v) is 2.41. The van der Waals surface area contributed by atoms with Gasteiger partial charge in [0, 0.05) is 9.50 Å². The van der Waals surface area contributed by atoms with E-state index in [1.165, 1.54) is 12.1 Å². The van der Waals surface area contributed by atoms with Crippen molar-refractivity contribution in [3.8, 4) is 6.07 Å². The van der Waals surface area contributed by atoms with Crippen molar-refractivity contribution in [3.63, 3.8) is 0 Å². The highest BCUT2D eigenvalue weighted by Gasteiger charge is 2.06. The molecule has 1 nitrogen and oxygen atoms in total. The van der Waals surface area contributed by atoms with E-state index in [9.17, 15) is 4.39 Å². The number of nitriles is 1. The standard InChI is InChI=1S/C8H4BrClFN/c9-7-3-5(11)4-8(10)6(7)1-2-12/h3-4H,1H2. The van der Waals surface area contributed by atoms with E-state index in [0.717, 1.165) is 0 Å². The number of rotatable bonds is 1. The predicted molar refractivity (Wildman–Crippen MR) is 48.4 cm³/mol. The first-order chi connectivity index (χ1) is 5.65. The fraction of sp³-hybridized carbons (Fsp3) is 0.125. The zero-order valence-corrected chi connectivity index (χ0v) is 8.28. The van der Waals surface area contributed by atoms with Crippen LogP contribution in [0, 0.1) is 17.1 Å². The fourth-order valence-electron chi connectivity index (χ4n) is 0.820. The van der Waals surface area contributed by atoms with E-state index < -0.39 is 5.82 Å². The van der Waals surface area contributed by atoms with Crippen LogP contribution in [0.4, 0.5) is 4.39 Å². The maximum atomic E-state index is 12.7. The predicted octanol–water partition coefficient (Wildman–Crippen LogP) is 3.31. The maximum Gasteiger partial charge on any atom is 0.125 e. The van der Waals surface area contributed by atoms with E-state index >= 15 is 0 Å². The SMILES string of the molecule is N#CCc1c(Cl)cc(F)cc1Br. The Morgan fingerprint density at radius 3 is 2.75 bits per heavy atom. The normalized spacial score (nSPS) is 9.50. The van der Waals surface area contributed by atoms with Gasteiger partial charge in [0.2, 0.25) is 0 Å². The molecule has 4 heteroatoms. The second kappa shape index (κ2) is 3.88. The zero-order valence-electron chi connectivity index (χ0n) is 5.94. The molecule has 12 heavy (non-hydrogen) atoms. The van der Waals surface area contributed by atoms with Crippen molar-refractivity contribution in [1.29, 1.82) is 5.26 Å². The summed E-state index contributed by atoms with van der Waals surface area (Å²) < 4.78 is 13.2. The Bertz CT molecular complexity index is 322. The van der Waals surface area contributed by atoms with Crippen molar-refractivity contribution in [1.82, 2.24) is 0 Å². The lowest BCUT2D eigenvalue weighted by molar-refractivity contribution is 0.626. The van der Waals surface area contributed by atoms with Crippen LogP contribution in [0.1, 0.15) is 5.56 Å². The molecule has 62 valence electrons. The minimum atomic E-state index is -0.409. The molecule has 0 fully saturated rings. The highest BCUT2D eigenvalue weighted by atomic mass is 79.9. The summed E-state index contributed by atoms with van der Waals surface area (Å²) in [6, 6.07) is 4.43. The van der Waals surface area contributed by atoms with Gasteiger partial charge in [-0.1, -0.05) is 27.5 Å². The van der Waals surface area contributed by atoms with Gasteiger partial charge in [-0.3, -0.25) is 0 Å². The molecule has 0 saturated heterocycles. The van der Waals surface area contributed by atoms with Crippen LogP contribution in [0.25, 0.3) is 0 Å². The molecule has 0 bridgehead atoms. The van der Waals surface area contributed by atoms with E-state index in [1.807, 2.05) is 6.07 Å². The van der Waals surface area contributed by atoms with Crippen LogP contribution in [0.15, 0.2) is 16.6 Å². The third-order valence-electron chi connectivity index (χ3n) is 1.36. The summed E-state index contributed by atoms with van der Waals surface area (Å²) >= 11 is 8.82. The lowest BCUT2D eigenvalue weighted by Crippen LogP contribution is -1.87. The van der Waals surface area contributed by atoms with Crippen LogP contribution in [0.3, 0.4) is 0 Å². The van der Waals surface area contributed by atoms with Gasteiger partial charge in [-0.05, 0) is 17.7 Å². The third kappa shape index (κ3) is 1.96. The summed E-state index contributed by atoms with van der Waals surface area (Å²) in [6.07, 6.45) is 0.180. The van der Waals surface area contributed by atoms with Crippen LogP contribution in [0.5, 0.6) is 0 Å². The number of benzene rings is 1. The number of hydrogen-bond donors (Lipinski definition) is 0. The van der Waals surface area contributed by atoms with Crippen molar-refractivity contribution in [3.05, 3.63) is 33.0 Å². The Kier molecular flexibility index (Phi) is 3.07. The van der Waals surface area contributed by atoms with Gasteiger partial charge in [-0.25, -0.2) is 4.39 Å². The van der Waals surface area contributed by atoms with E-state index in [1.54, 1.807) is 0 Å². The first kappa shape index (κ1) is 9.50. The molecule has 0 aliphatic heterocycles. The van der Waals surface area contributed by atoms with Crippen LogP contribution in [0.2, 0.25) is 5.02 Å². The molecule has 0 aliphatic carbocycles. The monoisotopic (exact) mass is 247 g/mol. The van der Waals surface area contributed by atoms with Crippen molar-refractivity contribution >= 4 is 27.5 Å². The molecule has 1 aromatic rings. The van der Waals surface area contributed by atoms with E-state index in [2.05, 4.69) is 15.9 Å². The Morgan fingerprint density at radius 2 is 2.25 bits per heavy atom. The van der Waals surface area contributed by atoms with Crippen LogP contribution in [-0.4, -0.2) is 0 Å². The van der Waals surface area contributed by atoms with Gasteiger partial charge >= 0.3 is 0 Å². The topological polar surface area (TPSA) is 23.8 Å². The first-order valence-corrected chi connectivity index (χ1v) is 4.32. The van der Waals surface area contributed by atoms with Crippen molar-refractivity contribution in [2.45, 2.75) is 6.42 Å². The van der Waals surface area contributed by atoms with E-state index in [0.29, 0.717) is 10.0 Å². The van der Waals surface area contributed by atoms with Gasteiger partial charge in [0.15, 0.2) is 0 Å². The molecular formula is C8H4BrClFN. The largest absolute Gasteiger partial charge is 0.207 e. The quantitative estimate of drug-likeness (QED) is 0.748. The molecule has 1 rings (SSSR count). The lowest BCUT2D eigenvalue weighted by atomic mass is 10.2. The van der Waals surface area contributed by atoms with Gasteiger partial charge in [-0.15, -0.1) is 0 Å². The molecule has 0 aromatic heterocycles. The van der Waals surface area contributed by atoms with Gasteiger partial charge < -0.3 is 0 Å². The minimum Gasteiger partial charge on any atom is -0.207 e. The van der Waals surface area contributed by atoms with E-state index in [4.69, 9.17) is 16.9 Å². The summed E-state index contributed by atoms with van der Waals surface area (Å²) in [5, 5.41) is 8.70. The summed E-state index contributed by atoms with van der Waals surface area (Å²) in [5.41, 5.74) is 0.626. The molecular weight excluding hydrogens is 244 g/mol. The van der Waals surface area contributed by atoms with Crippen molar-refractivity contribution in [2.24, 2.45) is 0 Å². The highest BCUT2D eigenvalue weighted by Crippen LogP contribution is 2.26. The minimum absolute atomic E-state index is 0.180. The molecule has 0 radical (unpaired) electrons. The number of hydrogen-bond acceptors (Lipinski definition) is 1. The molecule has 0 saturated carbocycles. The van der Waals surface area contributed by atoms with Crippen LogP contribution in [-0.2, 0) is 6.42 Å². The Hall–Kier alpha value is -0.590. The van der Waals surface area contributed by atoms with E-state index in [-0.39, 0.29) is 11.4 Å². The second-order valence-corrected chi connectivity index (χ2v) is 3.44. The van der Waals surface area contributed by atoms with Gasteiger partial charge in [0.25, 0.3) is 0 Å². The Morgan fingerprint density at radius 1 is 1.58 bits per heavy atom. The summed E-state index contributed by atoms with van der Waals surface area (Å²) in [6.45, 7) is 0. The molecule has 0 N–H and O–H groups in total. The smallest absolute Gasteiger partial charge is 0.125 e. The number of nitrogens with zero attached hydrogens (tertiary/aromatic N) is 1. The van der Waals surface area contributed by atoms with Crippen molar-refractivity contribution in [2.75, 3.05) is 0 Å². The highest BCUT2D eigenvalue weighted by molar-refractivity contribution is 9.10. The zero-order chi connectivity index (χ0) is 9.14. The van der Waals surface area contributed by atoms with Gasteiger partial charge in [0.1, 0.15) is 5.82 Å². The second-order valence-electron chi connectivity index (χ2n) is 2.18. The molecule has 0 aliphatic rings. The molecule has 0 amide bonds. The molecule has 0 spiro atoms. The Labute approximate surface area is 82.9 Å². The average Bonchev–Trinajstić information content (AvgIpc) is 1.96. The maximum absolute atomic E-state index is 12.7.